The summed E-state index contributed by atoms with van der Waals surface area (Å²) < 4.78 is 26.1. The molecule has 1 aliphatic carbocycles. The van der Waals surface area contributed by atoms with Crippen LogP contribution in [0.3, 0.4) is 0 Å². The van der Waals surface area contributed by atoms with Crippen molar-refractivity contribution in [3.05, 3.63) is 64.7 Å². The minimum Gasteiger partial charge on any atom is -0.349 e. The molecule has 3 rings (SSSR count). The van der Waals surface area contributed by atoms with Gasteiger partial charge in [0.15, 0.2) is 0 Å². The molecular weight excluding hydrogens is 384 g/mol. The maximum atomic E-state index is 12.5. The number of sulfonamides is 1. The molecule has 0 heterocycles. The van der Waals surface area contributed by atoms with Crippen molar-refractivity contribution in [3.63, 3.8) is 0 Å². The Kier molecular flexibility index (Phi) is 6.63. The minimum absolute atomic E-state index is 0.0267. The standard InChI is InChI=1S/C23H30N2O3S/c1-17-9-6-14-22(18(17)2)25(29(3,27)28)16-8-15-23(26)24-21-13-7-11-19-10-4-5-12-20(19)21/h4-6,9-10,12,14,21H,7-8,11,13,15-16H2,1-3H3,(H,24,26)/t21-/m0/s1. The van der Waals surface area contributed by atoms with Crippen LogP contribution in [0.5, 0.6) is 0 Å². The van der Waals surface area contributed by atoms with Crippen LogP contribution in [0.1, 0.15) is 54.0 Å². The van der Waals surface area contributed by atoms with Gasteiger partial charge in [-0.2, -0.15) is 0 Å². The molecule has 6 heteroatoms. The van der Waals surface area contributed by atoms with Crippen LogP contribution in [-0.4, -0.2) is 27.1 Å². The first-order valence-electron chi connectivity index (χ1n) is 10.2. The first kappa shape index (κ1) is 21.4. The first-order valence-corrected chi connectivity index (χ1v) is 12.0. The smallest absolute Gasteiger partial charge is 0.232 e. The van der Waals surface area contributed by atoms with Crippen LogP contribution in [0, 0.1) is 13.8 Å². The van der Waals surface area contributed by atoms with Gasteiger partial charge in [-0.25, -0.2) is 8.42 Å². The summed E-state index contributed by atoms with van der Waals surface area (Å²) in [5.41, 5.74) is 5.20. The van der Waals surface area contributed by atoms with Crippen LogP contribution in [0.15, 0.2) is 42.5 Å². The second-order valence-electron chi connectivity index (χ2n) is 7.87. The third-order valence-corrected chi connectivity index (χ3v) is 6.89. The minimum atomic E-state index is -3.42. The number of nitrogens with one attached hydrogen (secondary N) is 1. The average Bonchev–Trinajstić information content (AvgIpc) is 2.67. The lowest BCUT2D eigenvalue weighted by Gasteiger charge is -2.27. The Morgan fingerprint density at radius 3 is 2.66 bits per heavy atom. The zero-order valence-electron chi connectivity index (χ0n) is 17.4. The van der Waals surface area contributed by atoms with Crippen molar-refractivity contribution in [2.75, 3.05) is 17.1 Å². The van der Waals surface area contributed by atoms with Crippen molar-refractivity contribution in [2.24, 2.45) is 0 Å². The number of carbonyl (C=O) groups is 1. The third-order valence-electron chi connectivity index (χ3n) is 5.71. The zero-order valence-corrected chi connectivity index (χ0v) is 18.3. The maximum absolute atomic E-state index is 12.5. The Labute approximate surface area is 174 Å². The summed E-state index contributed by atoms with van der Waals surface area (Å²) in [7, 11) is -3.42. The van der Waals surface area contributed by atoms with Crippen LogP contribution >= 0.6 is 0 Å². The van der Waals surface area contributed by atoms with E-state index in [0.717, 1.165) is 30.4 Å². The van der Waals surface area contributed by atoms with Gasteiger partial charge in [-0.15, -0.1) is 0 Å². The van der Waals surface area contributed by atoms with E-state index in [4.69, 9.17) is 0 Å². The number of fused-ring (bicyclic) bond motifs is 1. The lowest BCUT2D eigenvalue weighted by atomic mass is 9.87. The molecule has 0 spiro atoms. The van der Waals surface area contributed by atoms with E-state index in [1.807, 2.05) is 44.2 Å². The molecule has 0 aromatic heterocycles. The Morgan fingerprint density at radius 2 is 1.90 bits per heavy atom. The van der Waals surface area contributed by atoms with E-state index in [9.17, 15) is 13.2 Å². The van der Waals surface area contributed by atoms with Gasteiger partial charge in [0, 0.05) is 13.0 Å². The van der Waals surface area contributed by atoms with E-state index < -0.39 is 10.0 Å². The number of hydrogen-bond donors (Lipinski definition) is 1. The van der Waals surface area contributed by atoms with E-state index >= 15 is 0 Å². The molecule has 0 bridgehead atoms. The monoisotopic (exact) mass is 414 g/mol. The molecule has 0 saturated heterocycles. The Hall–Kier alpha value is -2.34. The van der Waals surface area contributed by atoms with E-state index in [0.29, 0.717) is 18.5 Å². The van der Waals surface area contributed by atoms with Crippen molar-refractivity contribution in [2.45, 2.75) is 52.0 Å². The summed E-state index contributed by atoms with van der Waals surface area (Å²) in [4.78, 5) is 12.5. The van der Waals surface area contributed by atoms with Crippen LogP contribution in [0.4, 0.5) is 5.69 Å². The van der Waals surface area contributed by atoms with Crippen molar-refractivity contribution < 1.29 is 13.2 Å². The predicted octanol–water partition coefficient (Wildman–Crippen LogP) is 4.04. The van der Waals surface area contributed by atoms with Gasteiger partial charge in [-0.05, 0) is 67.9 Å². The van der Waals surface area contributed by atoms with Crippen molar-refractivity contribution in [3.8, 4) is 0 Å². The molecule has 0 saturated carbocycles. The summed E-state index contributed by atoms with van der Waals surface area (Å²) in [6, 6.07) is 14.0. The summed E-state index contributed by atoms with van der Waals surface area (Å²) in [6.45, 7) is 4.18. The number of amides is 1. The quantitative estimate of drug-likeness (QED) is 0.743. The lowest BCUT2D eigenvalue weighted by Crippen LogP contribution is -2.34. The molecule has 0 unspecified atom stereocenters. The molecule has 0 fully saturated rings. The lowest BCUT2D eigenvalue weighted by molar-refractivity contribution is -0.122. The topological polar surface area (TPSA) is 66.5 Å². The highest BCUT2D eigenvalue weighted by Gasteiger charge is 2.23. The summed E-state index contributed by atoms with van der Waals surface area (Å²) >= 11 is 0. The predicted molar refractivity (Wildman–Crippen MR) is 118 cm³/mol. The van der Waals surface area contributed by atoms with E-state index in [1.54, 1.807) is 0 Å². The second-order valence-corrected chi connectivity index (χ2v) is 9.78. The van der Waals surface area contributed by atoms with Crippen LogP contribution in [0.2, 0.25) is 0 Å². The highest BCUT2D eigenvalue weighted by Crippen LogP contribution is 2.29. The van der Waals surface area contributed by atoms with Gasteiger partial charge in [-0.1, -0.05) is 36.4 Å². The number of hydrogen-bond acceptors (Lipinski definition) is 3. The molecule has 2 aromatic rings. The molecule has 29 heavy (non-hydrogen) atoms. The van der Waals surface area contributed by atoms with Crippen molar-refractivity contribution >= 4 is 21.6 Å². The fourth-order valence-electron chi connectivity index (χ4n) is 4.02. The van der Waals surface area contributed by atoms with E-state index in [1.165, 1.54) is 21.7 Å². The number of benzene rings is 2. The fourth-order valence-corrected chi connectivity index (χ4v) is 5.04. The fraction of sp³-hybridized carbons (Fsp3) is 0.435. The molecule has 0 aliphatic heterocycles. The number of nitrogens with zero attached hydrogens (tertiary/aromatic N) is 1. The number of anilines is 1. The molecule has 1 atom stereocenters. The highest BCUT2D eigenvalue weighted by atomic mass is 32.2. The second kappa shape index (κ2) is 8.99. The van der Waals surface area contributed by atoms with Gasteiger partial charge in [0.2, 0.25) is 15.9 Å². The number of rotatable bonds is 7. The molecule has 2 aromatic carbocycles. The van der Waals surface area contributed by atoms with Gasteiger partial charge in [0.25, 0.3) is 0 Å². The molecule has 1 aliphatic rings. The SMILES string of the molecule is Cc1cccc(N(CCCC(=O)N[C@H]2CCCc3ccccc32)S(C)(=O)=O)c1C. The summed E-state index contributed by atoms with van der Waals surface area (Å²) in [5.74, 6) is -0.0267. The summed E-state index contributed by atoms with van der Waals surface area (Å²) in [6.07, 6.45) is 5.06. The number of aryl methyl sites for hydroxylation is 2. The first-order chi connectivity index (χ1) is 13.8. The Bertz CT molecular complexity index is 985. The van der Waals surface area contributed by atoms with Gasteiger partial charge in [0.05, 0.1) is 18.0 Å². The largest absolute Gasteiger partial charge is 0.349 e. The molecule has 1 amide bonds. The summed E-state index contributed by atoms with van der Waals surface area (Å²) in [5, 5.41) is 3.14. The van der Waals surface area contributed by atoms with E-state index in [-0.39, 0.29) is 18.5 Å². The normalized spacial score (nSPS) is 16.2. The average molecular weight is 415 g/mol. The third kappa shape index (κ3) is 5.18. The van der Waals surface area contributed by atoms with Gasteiger partial charge in [-0.3, -0.25) is 9.10 Å². The Balaban J connectivity index is 1.62. The molecule has 1 N–H and O–H groups in total. The molecule has 156 valence electrons. The van der Waals surface area contributed by atoms with Gasteiger partial charge in [0.1, 0.15) is 0 Å². The molecule has 5 nitrogen and oxygen atoms in total. The van der Waals surface area contributed by atoms with Gasteiger partial charge < -0.3 is 5.32 Å². The maximum Gasteiger partial charge on any atom is 0.232 e. The Morgan fingerprint density at radius 1 is 1.14 bits per heavy atom. The van der Waals surface area contributed by atoms with Crippen molar-refractivity contribution in [1.29, 1.82) is 0 Å². The number of carbonyl (C=O) groups excluding carboxylic acids is 1. The van der Waals surface area contributed by atoms with Crippen LogP contribution in [0.25, 0.3) is 0 Å². The van der Waals surface area contributed by atoms with Crippen molar-refractivity contribution in [1.82, 2.24) is 5.32 Å². The highest BCUT2D eigenvalue weighted by molar-refractivity contribution is 7.92. The van der Waals surface area contributed by atoms with Crippen LogP contribution in [-0.2, 0) is 21.2 Å². The molecular formula is C23H30N2O3S. The van der Waals surface area contributed by atoms with Gasteiger partial charge >= 0.3 is 0 Å². The van der Waals surface area contributed by atoms with E-state index in [2.05, 4.69) is 17.4 Å². The molecule has 0 radical (unpaired) electrons. The van der Waals surface area contributed by atoms with Crippen LogP contribution < -0.4 is 9.62 Å². The zero-order chi connectivity index (χ0) is 21.0.